The first kappa shape index (κ1) is 18.0. The number of carbonyl (C=O) groups is 1. The average molecular weight is 357 g/mol. The van der Waals surface area contributed by atoms with Gasteiger partial charge in [-0.3, -0.25) is 4.79 Å². The highest BCUT2D eigenvalue weighted by Crippen LogP contribution is 2.26. The van der Waals surface area contributed by atoms with Gasteiger partial charge < -0.3 is 15.4 Å². The molecule has 1 rings (SSSR count). The van der Waals surface area contributed by atoms with Gasteiger partial charge in [0, 0.05) is 25.6 Å². The zero-order chi connectivity index (χ0) is 15.9. The zero-order valence-corrected chi connectivity index (χ0v) is 14.8. The normalized spacial score (nSPS) is 11.3. The van der Waals surface area contributed by atoms with Crippen molar-refractivity contribution in [2.45, 2.75) is 45.7 Å². The summed E-state index contributed by atoms with van der Waals surface area (Å²) < 4.78 is 6.63. The Balaban J connectivity index is 2.45. The maximum atomic E-state index is 11.1. The minimum absolute atomic E-state index is 0.0428. The lowest BCUT2D eigenvalue weighted by molar-refractivity contribution is -0.120. The lowest BCUT2D eigenvalue weighted by atomic mass is 10.1. The van der Waals surface area contributed by atoms with Gasteiger partial charge in [-0.2, -0.15) is 0 Å². The molecule has 0 aromatic heterocycles. The van der Waals surface area contributed by atoms with Crippen LogP contribution in [0.3, 0.4) is 0 Å². The summed E-state index contributed by atoms with van der Waals surface area (Å²) in [5.74, 6) is 0.854. The SMILES string of the molecule is CNC(=O)CCCOc1ccc(CNC(C)(C)C)cc1Br. The molecule has 1 aromatic rings. The van der Waals surface area contributed by atoms with Crippen LogP contribution in [0.4, 0.5) is 0 Å². The molecule has 21 heavy (non-hydrogen) atoms. The van der Waals surface area contributed by atoms with Gasteiger partial charge in [0.15, 0.2) is 0 Å². The van der Waals surface area contributed by atoms with E-state index in [2.05, 4.69) is 59.5 Å². The van der Waals surface area contributed by atoms with Crippen LogP contribution in [0, 0.1) is 0 Å². The van der Waals surface area contributed by atoms with E-state index < -0.39 is 0 Å². The second-order valence-electron chi connectivity index (χ2n) is 5.99. The number of ether oxygens (including phenoxy) is 1. The topological polar surface area (TPSA) is 50.4 Å². The summed E-state index contributed by atoms with van der Waals surface area (Å²) in [6.45, 7) is 7.79. The fourth-order valence-corrected chi connectivity index (χ4v) is 2.22. The van der Waals surface area contributed by atoms with Gasteiger partial charge in [-0.05, 0) is 60.8 Å². The summed E-state index contributed by atoms with van der Waals surface area (Å²) in [5, 5.41) is 6.05. The molecular weight excluding hydrogens is 332 g/mol. The third-order valence-electron chi connectivity index (χ3n) is 2.90. The van der Waals surface area contributed by atoms with E-state index in [0.717, 1.165) is 16.8 Å². The van der Waals surface area contributed by atoms with Gasteiger partial charge in [0.05, 0.1) is 11.1 Å². The van der Waals surface area contributed by atoms with E-state index in [1.807, 2.05) is 6.07 Å². The molecule has 0 saturated heterocycles. The molecule has 0 unspecified atom stereocenters. The van der Waals surface area contributed by atoms with Crippen molar-refractivity contribution in [3.8, 4) is 5.75 Å². The van der Waals surface area contributed by atoms with Crippen LogP contribution in [0.1, 0.15) is 39.2 Å². The van der Waals surface area contributed by atoms with Gasteiger partial charge in [-0.15, -0.1) is 0 Å². The molecule has 0 spiro atoms. The van der Waals surface area contributed by atoms with Crippen LogP contribution in [-0.4, -0.2) is 25.1 Å². The fourth-order valence-electron chi connectivity index (χ4n) is 1.68. The smallest absolute Gasteiger partial charge is 0.219 e. The molecule has 1 aromatic carbocycles. The predicted octanol–water partition coefficient (Wildman–Crippen LogP) is 3.24. The highest BCUT2D eigenvalue weighted by molar-refractivity contribution is 9.10. The number of nitrogens with one attached hydrogen (secondary N) is 2. The van der Waals surface area contributed by atoms with Gasteiger partial charge in [-0.1, -0.05) is 6.07 Å². The van der Waals surface area contributed by atoms with Crippen LogP contribution < -0.4 is 15.4 Å². The largest absolute Gasteiger partial charge is 0.492 e. The van der Waals surface area contributed by atoms with Gasteiger partial charge in [-0.25, -0.2) is 0 Å². The second-order valence-corrected chi connectivity index (χ2v) is 6.85. The molecule has 0 saturated carbocycles. The molecule has 0 bridgehead atoms. The van der Waals surface area contributed by atoms with Crippen molar-refractivity contribution < 1.29 is 9.53 Å². The molecule has 5 heteroatoms. The van der Waals surface area contributed by atoms with Gasteiger partial charge in [0.25, 0.3) is 0 Å². The van der Waals surface area contributed by atoms with Crippen molar-refractivity contribution in [1.82, 2.24) is 10.6 Å². The summed E-state index contributed by atoms with van der Waals surface area (Å²) >= 11 is 3.53. The van der Waals surface area contributed by atoms with Gasteiger partial charge in [0.1, 0.15) is 5.75 Å². The summed E-state index contributed by atoms with van der Waals surface area (Å²) in [5.41, 5.74) is 1.30. The number of hydrogen-bond donors (Lipinski definition) is 2. The molecule has 0 aliphatic carbocycles. The highest BCUT2D eigenvalue weighted by Gasteiger charge is 2.09. The number of carbonyl (C=O) groups excluding carboxylic acids is 1. The molecule has 0 heterocycles. The summed E-state index contributed by atoms with van der Waals surface area (Å²) in [6, 6.07) is 6.08. The molecule has 0 aliphatic rings. The fraction of sp³-hybridized carbons (Fsp3) is 0.562. The Kier molecular flexibility index (Phi) is 7.18. The van der Waals surface area contributed by atoms with E-state index in [1.165, 1.54) is 5.56 Å². The first-order chi connectivity index (χ1) is 9.81. The minimum atomic E-state index is 0.0428. The van der Waals surface area contributed by atoms with Crippen LogP contribution >= 0.6 is 15.9 Å². The molecule has 0 atom stereocenters. The van der Waals surface area contributed by atoms with Crippen molar-refractivity contribution in [2.75, 3.05) is 13.7 Å². The van der Waals surface area contributed by atoms with Crippen LogP contribution in [0.2, 0.25) is 0 Å². The number of halogens is 1. The van der Waals surface area contributed by atoms with E-state index in [4.69, 9.17) is 4.74 Å². The van der Waals surface area contributed by atoms with E-state index in [0.29, 0.717) is 19.4 Å². The maximum absolute atomic E-state index is 11.1. The standard InChI is InChI=1S/C16H25BrN2O2/c1-16(2,3)19-11-12-7-8-14(13(17)10-12)21-9-5-6-15(20)18-4/h7-8,10,19H,5-6,9,11H2,1-4H3,(H,18,20). The van der Waals surface area contributed by atoms with E-state index >= 15 is 0 Å². The highest BCUT2D eigenvalue weighted by atomic mass is 79.9. The Morgan fingerprint density at radius 3 is 2.62 bits per heavy atom. The lowest BCUT2D eigenvalue weighted by Crippen LogP contribution is -2.35. The number of amides is 1. The zero-order valence-electron chi connectivity index (χ0n) is 13.3. The van der Waals surface area contributed by atoms with Crippen LogP contribution in [0.15, 0.2) is 22.7 Å². The molecular formula is C16H25BrN2O2. The average Bonchev–Trinajstić information content (AvgIpc) is 2.41. The molecule has 2 N–H and O–H groups in total. The molecule has 0 radical (unpaired) electrons. The van der Waals surface area contributed by atoms with Crippen molar-refractivity contribution in [2.24, 2.45) is 0 Å². The van der Waals surface area contributed by atoms with Gasteiger partial charge >= 0.3 is 0 Å². The van der Waals surface area contributed by atoms with Crippen molar-refractivity contribution >= 4 is 21.8 Å². The van der Waals surface area contributed by atoms with Crippen molar-refractivity contribution in [3.05, 3.63) is 28.2 Å². The summed E-state index contributed by atoms with van der Waals surface area (Å²) in [4.78, 5) is 11.1. The Labute approximate surface area is 135 Å². The first-order valence-electron chi connectivity index (χ1n) is 7.18. The van der Waals surface area contributed by atoms with Crippen molar-refractivity contribution in [3.63, 3.8) is 0 Å². The first-order valence-corrected chi connectivity index (χ1v) is 7.98. The second kappa shape index (κ2) is 8.39. The minimum Gasteiger partial charge on any atom is -0.492 e. The molecule has 0 aliphatic heterocycles. The van der Waals surface area contributed by atoms with Crippen LogP contribution in [0.25, 0.3) is 0 Å². The Hall–Kier alpha value is -1.07. The Morgan fingerprint density at radius 1 is 1.33 bits per heavy atom. The van der Waals surface area contributed by atoms with E-state index in [-0.39, 0.29) is 11.4 Å². The molecule has 118 valence electrons. The molecule has 1 amide bonds. The van der Waals surface area contributed by atoms with E-state index in [1.54, 1.807) is 7.05 Å². The van der Waals surface area contributed by atoms with Crippen LogP contribution in [0.5, 0.6) is 5.75 Å². The quantitative estimate of drug-likeness (QED) is 0.737. The predicted molar refractivity (Wildman–Crippen MR) is 89.5 cm³/mol. The third-order valence-corrected chi connectivity index (χ3v) is 3.52. The lowest BCUT2D eigenvalue weighted by Gasteiger charge is -2.20. The number of benzene rings is 1. The number of rotatable bonds is 7. The van der Waals surface area contributed by atoms with Crippen LogP contribution in [-0.2, 0) is 11.3 Å². The van der Waals surface area contributed by atoms with Crippen molar-refractivity contribution in [1.29, 1.82) is 0 Å². The monoisotopic (exact) mass is 356 g/mol. The molecule has 0 fully saturated rings. The number of hydrogen-bond acceptors (Lipinski definition) is 3. The maximum Gasteiger partial charge on any atom is 0.219 e. The van der Waals surface area contributed by atoms with Gasteiger partial charge in [0.2, 0.25) is 5.91 Å². The van der Waals surface area contributed by atoms with E-state index in [9.17, 15) is 4.79 Å². The summed E-state index contributed by atoms with van der Waals surface area (Å²) in [6.07, 6.45) is 1.20. The third kappa shape index (κ3) is 7.48. The summed E-state index contributed by atoms with van der Waals surface area (Å²) in [7, 11) is 1.64. The molecule has 4 nitrogen and oxygen atoms in total. The Bertz CT molecular complexity index is 470. The Morgan fingerprint density at radius 2 is 2.05 bits per heavy atom.